The van der Waals surface area contributed by atoms with Gasteiger partial charge in [-0.3, -0.25) is 24.0 Å². The number of unbranched alkanes of at least 4 members (excludes halogenated alkanes) is 11. The summed E-state index contributed by atoms with van der Waals surface area (Å²) in [6.45, 7) is 5.02. The highest BCUT2D eigenvalue weighted by Crippen LogP contribution is 2.16. The molecule has 0 heterocycles. The molecule has 0 bridgehead atoms. The van der Waals surface area contributed by atoms with Crippen molar-refractivity contribution in [3.63, 3.8) is 0 Å². The molecule has 1 atom stereocenters. The highest BCUT2D eigenvalue weighted by atomic mass is 16.6. The summed E-state index contributed by atoms with van der Waals surface area (Å²) in [6.07, 6.45) is 13.9. The summed E-state index contributed by atoms with van der Waals surface area (Å²) in [7, 11) is 0. The molecule has 3 N–H and O–H groups in total. The summed E-state index contributed by atoms with van der Waals surface area (Å²) in [5.41, 5.74) is 0. The zero-order chi connectivity index (χ0) is 34.1. The fourth-order valence-electron chi connectivity index (χ4n) is 4.69. The fraction of sp³-hybridized carbons (Fsp3) is 0.853. The Labute approximate surface area is 275 Å². The SMILES string of the molecule is CC(=O)CCOCCOCCOCCOCCNC(=O)CCC(CC(=O)CCCCCCCCCCCCCCC(=O)O)C(=O)O. The van der Waals surface area contributed by atoms with Crippen LogP contribution in [0.3, 0.4) is 0 Å². The van der Waals surface area contributed by atoms with Gasteiger partial charge in [-0.2, -0.15) is 0 Å². The molecule has 0 aromatic carbocycles. The van der Waals surface area contributed by atoms with Crippen LogP contribution in [-0.2, 0) is 42.9 Å². The maximum Gasteiger partial charge on any atom is 0.306 e. The molecule has 1 unspecified atom stereocenters. The van der Waals surface area contributed by atoms with Crippen LogP contribution in [0.25, 0.3) is 0 Å². The minimum Gasteiger partial charge on any atom is -0.481 e. The molecule has 0 aliphatic heterocycles. The first-order valence-electron chi connectivity index (χ1n) is 17.3. The van der Waals surface area contributed by atoms with Gasteiger partial charge in [0.1, 0.15) is 11.6 Å². The lowest BCUT2D eigenvalue weighted by molar-refractivity contribution is -0.144. The van der Waals surface area contributed by atoms with E-state index in [4.69, 9.17) is 24.1 Å². The number of hydrogen-bond acceptors (Lipinski definition) is 9. The van der Waals surface area contributed by atoms with E-state index in [1.54, 1.807) is 0 Å². The second kappa shape index (κ2) is 32.5. The topological polar surface area (TPSA) is 175 Å². The maximum atomic E-state index is 12.3. The van der Waals surface area contributed by atoms with Gasteiger partial charge in [-0.15, -0.1) is 0 Å². The molecule has 268 valence electrons. The lowest BCUT2D eigenvalue weighted by Gasteiger charge is -2.12. The van der Waals surface area contributed by atoms with Crippen molar-refractivity contribution in [1.82, 2.24) is 5.32 Å². The first kappa shape index (κ1) is 43.6. The van der Waals surface area contributed by atoms with Crippen LogP contribution in [0.15, 0.2) is 0 Å². The van der Waals surface area contributed by atoms with Crippen molar-refractivity contribution in [2.24, 2.45) is 5.92 Å². The lowest BCUT2D eigenvalue weighted by Crippen LogP contribution is -2.29. The summed E-state index contributed by atoms with van der Waals surface area (Å²) in [5.74, 6) is -2.85. The predicted octanol–water partition coefficient (Wildman–Crippen LogP) is 5.13. The molecule has 46 heavy (non-hydrogen) atoms. The molecule has 0 radical (unpaired) electrons. The number of Topliss-reactive ketones (excluding diaryl/α,β-unsaturated/α-hetero) is 2. The van der Waals surface area contributed by atoms with Gasteiger partial charge in [0.2, 0.25) is 5.91 Å². The van der Waals surface area contributed by atoms with E-state index in [9.17, 15) is 29.1 Å². The Morgan fingerprint density at radius 1 is 0.543 bits per heavy atom. The summed E-state index contributed by atoms with van der Waals surface area (Å²) in [6, 6.07) is 0. The normalized spacial score (nSPS) is 11.8. The van der Waals surface area contributed by atoms with Crippen LogP contribution < -0.4 is 5.32 Å². The second-order valence-corrected chi connectivity index (χ2v) is 11.7. The molecule has 0 aromatic rings. The van der Waals surface area contributed by atoms with E-state index in [0.717, 1.165) is 51.4 Å². The van der Waals surface area contributed by atoms with Crippen LogP contribution >= 0.6 is 0 Å². The largest absolute Gasteiger partial charge is 0.481 e. The van der Waals surface area contributed by atoms with Crippen LogP contribution in [-0.4, -0.2) is 99.0 Å². The van der Waals surface area contributed by atoms with Gasteiger partial charge in [-0.25, -0.2) is 0 Å². The van der Waals surface area contributed by atoms with Crippen LogP contribution in [0, 0.1) is 5.92 Å². The van der Waals surface area contributed by atoms with Crippen molar-refractivity contribution in [3.05, 3.63) is 0 Å². The van der Waals surface area contributed by atoms with Crippen molar-refractivity contribution >= 4 is 29.4 Å². The Bertz CT molecular complexity index is 806. The average Bonchev–Trinajstić information content (AvgIpc) is 3.00. The fourth-order valence-corrected chi connectivity index (χ4v) is 4.69. The Morgan fingerprint density at radius 2 is 0.978 bits per heavy atom. The van der Waals surface area contributed by atoms with E-state index in [1.165, 1.54) is 32.6 Å². The van der Waals surface area contributed by atoms with Crippen LogP contribution in [0.5, 0.6) is 0 Å². The Hall–Kier alpha value is -2.41. The van der Waals surface area contributed by atoms with Gasteiger partial charge in [-0.05, 0) is 26.2 Å². The molecule has 12 heteroatoms. The minimum absolute atomic E-state index is 0.0397. The number of carboxylic acid groups (broad SMARTS) is 2. The molecule has 0 spiro atoms. The summed E-state index contributed by atoms with van der Waals surface area (Å²) >= 11 is 0. The molecule has 1 amide bonds. The number of carbonyl (C=O) groups excluding carboxylic acids is 3. The molecule has 0 fully saturated rings. The number of hydrogen-bond donors (Lipinski definition) is 3. The predicted molar refractivity (Wildman–Crippen MR) is 174 cm³/mol. The monoisotopic (exact) mass is 659 g/mol. The quantitative estimate of drug-likeness (QED) is 0.0760. The molecule has 0 aliphatic rings. The minimum atomic E-state index is -1.05. The average molecular weight is 660 g/mol. The van der Waals surface area contributed by atoms with Crippen LogP contribution in [0.1, 0.15) is 122 Å². The summed E-state index contributed by atoms with van der Waals surface area (Å²) in [4.78, 5) is 57.3. The number of amides is 1. The third-order valence-corrected chi connectivity index (χ3v) is 7.42. The van der Waals surface area contributed by atoms with Crippen LogP contribution in [0.4, 0.5) is 0 Å². The van der Waals surface area contributed by atoms with Gasteiger partial charge < -0.3 is 34.5 Å². The van der Waals surface area contributed by atoms with Gasteiger partial charge >= 0.3 is 11.9 Å². The van der Waals surface area contributed by atoms with E-state index < -0.39 is 17.9 Å². The highest BCUT2D eigenvalue weighted by Gasteiger charge is 2.22. The smallest absolute Gasteiger partial charge is 0.306 e. The van der Waals surface area contributed by atoms with E-state index in [1.807, 2.05) is 0 Å². The number of aliphatic carboxylic acids is 2. The molecule has 12 nitrogen and oxygen atoms in total. The van der Waals surface area contributed by atoms with Crippen molar-refractivity contribution in [1.29, 1.82) is 0 Å². The Kier molecular flexibility index (Phi) is 30.8. The van der Waals surface area contributed by atoms with Crippen molar-refractivity contribution in [2.75, 3.05) is 59.4 Å². The third kappa shape index (κ3) is 33.0. The van der Waals surface area contributed by atoms with E-state index in [-0.39, 0.29) is 43.2 Å². The second-order valence-electron chi connectivity index (χ2n) is 11.7. The van der Waals surface area contributed by atoms with Crippen molar-refractivity contribution in [2.45, 2.75) is 122 Å². The molecular weight excluding hydrogens is 598 g/mol. The molecule has 0 saturated heterocycles. The van der Waals surface area contributed by atoms with Gasteiger partial charge in [0.15, 0.2) is 0 Å². The Balaban J connectivity index is 3.63. The Morgan fingerprint density at radius 3 is 1.43 bits per heavy atom. The summed E-state index contributed by atoms with van der Waals surface area (Å²) in [5, 5.41) is 20.8. The van der Waals surface area contributed by atoms with Crippen molar-refractivity contribution in [3.8, 4) is 0 Å². The number of nitrogens with one attached hydrogen (secondary N) is 1. The molecule has 0 rings (SSSR count). The lowest BCUT2D eigenvalue weighted by atomic mass is 9.94. The molecule has 0 saturated carbocycles. The van der Waals surface area contributed by atoms with Gasteiger partial charge in [0, 0.05) is 38.6 Å². The van der Waals surface area contributed by atoms with E-state index in [2.05, 4.69) is 5.32 Å². The highest BCUT2D eigenvalue weighted by molar-refractivity contribution is 5.84. The number of carbonyl (C=O) groups is 5. The third-order valence-electron chi connectivity index (χ3n) is 7.42. The first-order chi connectivity index (χ1) is 22.2. The maximum absolute atomic E-state index is 12.3. The van der Waals surface area contributed by atoms with Gasteiger partial charge in [0.05, 0.1) is 58.8 Å². The number of rotatable bonds is 36. The van der Waals surface area contributed by atoms with Crippen LogP contribution in [0.2, 0.25) is 0 Å². The molecule has 0 aliphatic carbocycles. The zero-order valence-electron chi connectivity index (χ0n) is 28.2. The molecule has 0 aromatic heterocycles. The first-order valence-corrected chi connectivity index (χ1v) is 17.3. The zero-order valence-corrected chi connectivity index (χ0v) is 28.2. The van der Waals surface area contributed by atoms with Gasteiger partial charge in [-0.1, -0.05) is 64.2 Å². The number of ketones is 2. The van der Waals surface area contributed by atoms with E-state index >= 15 is 0 Å². The number of ether oxygens (including phenoxy) is 4. The van der Waals surface area contributed by atoms with E-state index in [0.29, 0.717) is 72.2 Å². The van der Waals surface area contributed by atoms with Gasteiger partial charge in [0.25, 0.3) is 0 Å². The molecular formula is C34H61NO11. The van der Waals surface area contributed by atoms with Crippen molar-refractivity contribution < 1.29 is 53.1 Å². The summed E-state index contributed by atoms with van der Waals surface area (Å²) < 4.78 is 21.4. The standard InChI is InChI=1S/C34H61NO11/c1-29(36)18-20-43-22-24-45-26-27-46-25-23-44-21-19-35-32(38)17-16-30(34(41)42)28-31(37)14-12-10-8-6-4-2-3-5-7-9-11-13-15-33(39)40/h30H,2-28H2,1H3,(H,35,38)(H,39,40)(H,41,42). The number of carboxylic acids is 2.